The molecule has 6 nitrogen and oxygen atoms in total. The number of allylic oxidation sites excluding steroid dienone is 1. The Morgan fingerprint density at radius 1 is 1.35 bits per heavy atom. The van der Waals surface area contributed by atoms with E-state index in [0.717, 1.165) is 11.4 Å². The smallest absolute Gasteiger partial charge is 0.174 e. The van der Waals surface area contributed by atoms with Gasteiger partial charge in [-0.15, -0.1) is 0 Å². The zero-order chi connectivity index (χ0) is 14.9. The zero-order valence-electron chi connectivity index (χ0n) is 11.8. The molecule has 20 heavy (non-hydrogen) atoms. The normalized spacial score (nSPS) is 11.2. The fourth-order valence-electron chi connectivity index (χ4n) is 2.01. The number of nitriles is 2. The quantitative estimate of drug-likeness (QED) is 0.772. The Balaban J connectivity index is 2.83. The van der Waals surface area contributed by atoms with Gasteiger partial charge in [-0.3, -0.25) is 0 Å². The molecule has 2 aromatic rings. The Bertz CT molecular complexity index is 783. The molecule has 0 aliphatic heterocycles. The second-order valence-corrected chi connectivity index (χ2v) is 4.73. The summed E-state index contributed by atoms with van der Waals surface area (Å²) in [5.41, 5.74) is 3.20. The van der Waals surface area contributed by atoms with Crippen LogP contribution in [0.1, 0.15) is 22.6 Å². The molecule has 0 aromatic carbocycles. The number of aryl methyl sites for hydroxylation is 2. The van der Waals surface area contributed by atoms with Gasteiger partial charge in [0.15, 0.2) is 5.65 Å². The van der Waals surface area contributed by atoms with Crippen molar-refractivity contribution in [2.45, 2.75) is 13.8 Å². The molecule has 0 unspecified atom stereocenters. The van der Waals surface area contributed by atoms with Gasteiger partial charge in [-0.25, -0.2) is 9.50 Å². The largest absolute Gasteiger partial charge is 0.382 e. The highest BCUT2D eigenvalue weighted by Gasteiger charge is 2.19. The van der Waals surface area contributed by atoms with Gasteiger partial charge in [-0.1, -0.05) is 0 Å². The zero-order valence-corrected chi connectivity index (χ0v) is 11.8. The van der Waals surface area contributed by atoms with Crippen molar-refractivity contribution in [2.75, 3.05) is 14.1 Å². The standard InChI is InChI=1S/C14H14N6/c1-9-5-10(2)20-14(17-9)12(7-16)13(18-20)11(6-15)8-19(3)4/h5,8H,1-4H3/b11-8+. The van der Waals surface area contributed by atoms with E-state index in [1.807, 2.05) is 34.0 Å². The highest BCUT2D eigenvalue weighted by Crippen LogP contribution is 2.22. The van der Waals surface area contributed by atoms with Crippen LogP contribution in [0.4, 0.5) is 0 Å². The maximum absolute atomic E-state index is 9.37. The van der Waals surface area contributed by atoms with Crippen LogP contribution in [0.5, 0.6) is 0 Å². The number of hydrogen-bond acceptors (Lipinski definition) is 5. The van der Waals surface area contributed by atoms with Crippen molar-refractivity contribution in [1.82, 2.24) is 19.5 Å². The number of aromatic nitrogens is 3. The number of rotatable bonds is 2. The molecular formula is C14H14N6. The molecule has 0 atom stereocenters. The molecule has 0 saturated carbocycles. The minimum atomic E-state index is 0.325. The van der Waals surface area contributed by atoms with Gasteiger partial charge in [-0.2, -0.15) is 15.6 Å². The van der Waals surface area contributed by atoms with Crippen LogP contribution < -0.4 is 0 Å². The third-order valence-electron chi connectivity index (χ3n) is 2.77. The lowest BCUT2D eigenvalue weighted by atomic mass is 10.1. The minimum Gasteiger partial charge on any atom is -0.382 e. The van der Waals surface area contributed by atoms with E-state index in [2.05, 4.69) is 22.2 Å². The van der Waals surface area contributed by atoms with Gasteiger partial charge in [-0.05, 0) is 19.9 Å². The summed E-state index contributed by atoms with van der Waals surface area (Å²) in [7, 11) is 3.62. The molecule has 0 N–H and O–H groups in total. The van der Waals surface area contributed by atoms with Gasteiger partial charge in [0.2, 0.25) is 0 Å². The molecule has 0 bridgehead atoms. The second-order valence-electron chi connectivity index (χ2n) is 4.73. The third-order valence-corrected chi connectivity index (χ3v) is 2.77. The lowest BCUT2D eigenvalue weighted by Gasteiger charge is -2.04. The summed E-state index contributed by atoms with van der Waals surface area (Å²) >= 11 is 0. The molecule has 2 rings (SSSR count). The fraction of sp³-hybridized carbons (Fsp3) is 0.286. The average molecular weight is 266 g/mol. The van der Waals surface area contributed by atoms with E-state index >= 15 is 0 Å². The van der Waals surface area contributed by atoms with Crippen molar-refractivity contribution < 1.29 is 0 Å². The molecule has 0 radical (unpaired) electrons. The number of hydrogen-bond donors (Lipinski definition) is 0. The lowest BCUT2D eigenvalue weighted by molar-refractivity contribution is 0.566. The summed E-state index contributed by atoms with van der Waals surface area (Å²) in [5.74, 6) is 0. The van der Waals surface area contributed by atoms with Gasteiger partial charge in [0.25, 0.3) is 0 Å². The van der Waals surface area contributed by atoms with Crippen LogP contribution in [0.15, 0.2) is 12.3 Å². The Kier molecular flexibility index (Phi) is 3.41. The molecule has 0 spiro atoms. The molecule has 2 heterocycles. The summed E-state index contributed by atoms with van der Waals surface area (Å²) < 4.78 is 1.60. The maximum Gasteiger partial charge on any atom is 0.174 e. The van der Waals surface area contributed by atoms with Gasteiger partial charge >= 0.3 is 0 Å². The van der Waals surface area contributed by atoms with Gasteiger partial charge in [0, 0.05) is 31.7 Å². The molecule has 6 heteroatoms. The molecule has 2 aromatic heterocycles. The van der Waals surface area contributed by atoms with Crippen molar-refractivity contribution in [3.05, 3.63) is 34.9 Å². The van der Waals surface area contributed by atoms with Crippen LogP contribution in [-0.4, -0.2) is 33.6 Å². The summed E-state index contributed by atoms with van der Waals surface area (Å²) in [6.45, 7) is 3.75. The Labute approximate surface area is 117 Å². The first kappa shape index (κ1) is 13.6. The van der Waals surface area contributed by atoms with E-state index in [1.165, 1.54) is 0 Å². The molecule has 0 aliphatic carbocycles. The van der Waals surface area contributed by atoms with E-state index in [9.17, 15) is 10.5 Å². The Hall–Kier alpha value is -2.86. The van der Waals surface area contributed by atoms with Gasteiger partial charge < -0.3 is 4.90 Å². The van der Waals surface area contributed by atoms with Crippen LogP contribution in [0.25, 0.3) is 11.2 Å². The monoisotopic (exact) mass is 266 g/mol. The van der Waals surface area contributed by atoms with Crippen LogP contribution in [-0.2, 0) is 0 Å². The highest BCUT2D eigenvalue weighted by atomic mass is 15.3. The Morgan fingerprint density at radius 3 is 2.60 bits per heavy atom. The van der Waals surface area contributed by atoms with E-state index in [-0.39, 0.29) is 0 Å². The van der Waals surface area contributed by atoms with Crippen molar-refractivity contribution in [2.24, 2.45) is 0 Å². The summed E-state index contributed by atoms with van der Waals surface area (Å²) in [4.78, 5) is 6.10. The second kappa shape index (κ2) is 5.02. The molecule has 0 aliphatic rings. The average Bonchev–Trinajstić information content (AvgIpc) is 2.74. The summed E-state index contributed by atoms with van der Waals surface area (Å²) in [6, 6.07) is 6.07. The van der Waals surface area contributed by atoms with Crippen LogP contribution in [0.2, 0.25) is 0 Å². The van der Waals surface area contributed by atoms with Gasteiger partial charge in [0.1, 0.15) is 23.4 Å². The molecule has 0 fully saturated rings. The predicted octanol–water partition coefficient (Wildman–Crippen LogP) is 1.64. The predicted molar refractivity (Wildman–Crippen MR) is 74.5 cm³/mol. The topological polar surface area (TPSA) is 81.0 Å². The van der Waals surface area contributed by atoms with Crippen molar-refractivity contribution in [3.63, 3.8) is 0 Å². The lowest BCUT2D eigenvalue weighted by Crippen LogP contribution is -2.03. The molecular weight excluding hydrogens is 252 g/mol. The highest BCUT2D eigenvalue weighted by molar-refractivity contribution is 5.81. The van der Waals surface area contributed by atoms with Crippen LogP contribution >= 0.6 is 0 Å². The van der Waals surface area contributed by atoms with E-state index < -0.39 is 0 Å². The van der Waals surface area contributed by atoms with Crippen molar-refractivity contribution in [3.8, 4) is 12.1 Å². The minimum absolute atomic E-state index is 0.325. The SMILES string of the molecule is Cc1cc(C)n2nc(/C(C#N)=C/N(C)C)c(C#N)c2n1. The van der Waals surface area contributed by atoms with E-state index in [4.69, 9.17) is 0 Å². The summed E-state index contributed by atoms with van der Waals surface area (Å²) in [5, 5.41) is 23.0. The molecule has 0 amide bonds. The fourth-order valence-corrected chi connectivity index (χ4v) is 2.01. The van der Waals surface area contributed by atoms with Crippen LogP contribution in [0, 0.1) is 36.5 Å². The maximum atomic E-state index is 9.37. The van der Waals surface area contributed by atoms with Gasteiger partial charge in [0.05, 0.1) is 5.57 Å². The first-order chi connectivity index (χ1) is 9.47. The molecule has 100 valence electrons. The van der Waals surface area contributed by atoms with Crippen molar-refractivity contribution in [1.29, 1.82) is 10.5 Å². The number of fused-ring (bicyclic) bond motifs is 1. The number of nitrogens with zero attached hydrogens (tertiary/aromatic N) is 6. The van der Waals surface area contributed by atoms with E-state index in [0.29, 0.717) is 22.5 Å². The summed E-state index contributed by atoms with van der Waals surface area (Å²) in [6.07, 6.45) is 1.64. The van der Waals surface area contributed by atoms with Crippen molar-refractivity contribution >= 4 is 11.2 Å². The first-order valence-corrected chi connectivity index (χ1v) is 6.03. The Morgan fingerprint density at radius 2 is 2.05 bits per heavy atom. The molecule has 0 saturated heterocycles. The third kappa shape index (κ3) is 2.19. The van der Waals surface area contributed by atoms with E-state index in [1.54, 1.807) is 15.6 Å². The van der Waals surface area contributed by atoms with Crippen LogP contribution in [0.3, 0.4) is 0 Å². The first-order valence-electron chi connectivity index (χ1n) is 6.03.